The summed E-state index contributed by atoms with van der Waals surface area (Å²) < 4.78 is 23.2. The maximum absolute atomic E-state index is 12.6. The first-order valence-corrected chi connectivity index (χ1v) is 8.28. The summed E-state index contributed by atoms with van der Waals surface area (Å²) in [6.07, 6.45) is 1.96. The van der Waals surface area contributed by atoms with Crippen LogP contribution in [0.5, 0.6) is 0 Å². The zero-order valence-corrected chi connectivity index (χ0v) is 12.6. The van der Waals surface area contributed by atoms with Crippen molar-refractivity contribution < 1.29 is 13.2 Å². The fraction of sp³-hybridized carbons (Fsp3) is 0.500. The van der Waals surface area contributed by atoms with Crippen LogP contribution in [0.1, 0.15) is 37.0 Å². The third-order valence-corrected chi connectivity index (χ3v) is 4.20. The number of amides is 1. The molecule has 0 aliphatic heterocycles. The molecular weight excluding hydrogens is 276 g/mol. The maximum Gasteiger partial charge on any atom is 0.255 e. The SMILES string of the molecule is CC(C)CN(C(=O)c1ccccc1S(N)(=O)=O)C1CC1. The monoisotopic (exact) mass is 296 g/mol. The highest BCUT2D eigenvalue weighted by Crippen LogP contribution is 2.30. The molecule has 1 aromatic carbocycles. The van der Waals surface area contributed by atoms with Gasteiger partial charge < -0.3 is 4.90 Å². The number of rotatable bonds is 5. The van der Waals surface area contributed by atoms with Crippen LogP contribution in [0.25, 0.3) is 0 Å². The van der Waals surface area contributed by atoms with E-state index in [0.717, 1.165) is 12.8 Å². The van der Waals surface area contributed by atoms with Crippen molar-refractivity contribution in [3.05, 3.63) is 29.8 Å². The standard InChI is InChI=1S/C14H20N2O3S/c1-10(2)9-16(11-7-8-11)14(17)12-5-3-4-6-13(12)20(15,18)19/h3-6,10-11H,7-9H2,1-2H3,(H2,15,18,19). The van der Waals surface area contributed by atoms with Crippen molar-refractivity contribution in [2.75, 3.05) is 6.54 Å². The van der Waals surface area contributed by atoms with E-state index in [0.29, 0.717) is 12.5 Å². The van der Waals surface area contributed by atoms with E-state index in [2.05, 4.69) is 0 Å². The molecular formula is C14H20N2O3S. The van der Waals surface area contributed by atoms with E-state index < -0.39 is 10.0 Å². The molecule has 1 fully saturated rings. The first-order chi connectivity index (χ1) is 9.30. The second kappa shape index (κ2) is 5.54. The van der Waals surface area contributed by atoms with Crippen molar-refractivity contribution in [2.24, 2.45) is 11.1 Å². The fourth-order valence-electron chi connectivity index (χ4n) is 2.22. The van der Waals surface area contributed by atoms with Gasteiger partial charge in [0.1, 0.15) is 0 Å². The summed E-state index contributed by atoms with van der Waals surface area (Å²) in [6, 6.07) is 6.36. The van der Waals surface area contributed by atoms with Gasteiger partial charge in [-0.3, -0.25) is 4.79 Å². The molecule has 0 bridgehead atoms. The second-order valence-electron chi connectivity index (χ2n) is 5.62. The summed E-state index contributed by atoms with van der Waals surface area (Å²) in [5.74, 6) is 0.0898. The lowest BCUT2D eigenvalue weighted by Gasteiger charge is -2.25. The van der Waals surface area contributed by atoms with Crippen molar-refractivity contribution in [1.82, 2.24) is 4.90 Å². The number of hydrogen-bond acceptors (Lipinski definition) is 3. The van der Waals surface area contributed by atoms with Crippen LogP contribution in [-0.2, 0) is 10.0 Å². The Morgan fingerprint density at radius 1 is 1.35 bits per heavy atom. The largest absolute Gasteiger partial charge is 0.335 e. The predicted octanol–water partition coefficient (Wildman–Crippen LogP) is 1.59. The van der Waals surface area contributed by atoms with Crippen molar-refractivity contribution >= 4 is 15.9 Å². The highest BCUT2D eigenvalue weighted by Gasteiger charge is 2.34. The van der Waals surface area contributed by atoms with E-state index in [4.69, 9.17) is 5.14 Å². The quantitative estimate of drug-likeness (QED) is 0.896. The van der Waals surface area contributed by atoms with E-state index in [9.17, 15) is 13.2 Å². The van der Waals surface area contributed by atoms with E-state index in [-0.39, 0.29) is 22.4 Å². The molecule has 1 aliphatic carbocycles. The molecule has 2 N–H and O–H groups in total. The molecule has 5 nitrogen and oxygen atoms in total. The van der Waals surface area contributed by atoms with Crippen LogP contribution >= 0.6 is 0 Å². The lowest BCUT2D eigenvalue weighted by atomic mass is 10.1. The van der Waals surface area contributed by atoms with Crippen LogP contribution in [0, 0.1) is 5.92 Å². The topological polar surface area (TPSA) is 80.5 Å². The molecule has 0 heterocycles. The average Bonchev–Trinajstić information content (AvgIpc) is 3.18. The van der Waals surface area contributed by atoms with Gasteiger partial charge in [0, 0.05) is 12.6 Å². The fourth-order valence-corrected chi connectivity index (χ4v) is 2.95. The number of benzene rings is 1. The third kappa shape index (κ3) is 3.37. The van der Waals surface area contributed by atoms with Crippen LogP contribution in [0.3, 0.4) is 0 Å². The van der Waals surface area contributed by atoms with Gasteiger partial charge >= 0.3 is 0 Å². The number of carbonyl (C=O) groups excluding carboxylic acids is 1. The summed E-state index contributed by atoms with van der Waals surface area (Å²) in [5.41, 5.74) is 0.169. The van der Waals surface area contributed by atoms with Crippen molar-refractivity contribution in [3.8, 4) is 0 Å². The minimum Gasteiger partial charge on any atom is -0.335 e. The Bertz CT molecular complexity index is 607. The Kier molecular flexibility index (Phi) is 4.15. The van der Waals surface area contributed by atoms with Gasteiger partial charge in [0.25, 0.3) is 5.91 Å². The lowest BCUT2D eigenvalue weighted by molar-refractivity contribution is 0.0718. The molecule has 110 valence electrons. The van der Waals surface area contributed by atoms with Gasteiger partial charge in [-0.05, 0) is 30.9 Å². The Hall–Kier alpha value is -1.40. The molecule has 20 heavy (non-hydrogen) atoms. The molecule has 1 aliphatic rings. The van der Waals surface area contributed by atoms with E-state index in [1.807, 2.05) is 13.8 Å². The van der Waals surface area contributed by atoms with E-state index >= 15 is 0 Å². The van der Waals surface area contributed by atoms with Gasteiger partial charge in [-0.2, -0.15) is 0 Å². The van der Waals surface area contributed by atoms with Gasteiger partial charge in [0.2, 0.25) is 10.0 Å². The zero-order valence-electron chi connectivity index (χ0n) is 11.7. The Labute approximate surface area is 119 Å². The molecule has 1 saturated carbocycles. The van der Waals surface area contributed by atoms with Crippen LogP contribution in [0.4, 0.5) is 0 Å². The first-order valence-electron chi connectivity index (χ1n) is 6.73. The molecule has 0 unspecified atom stereocenters. The first kappa shape index (κ1) is 15.0. The highest BCUT2D eigenvalue weighted by molar-refractivity contribution is 7.89. The second-order valence-corrected chi connectivity index (χ2v) is 7.15. The molecule has 0 atom stereocenters. The van der Waals surface area contributed by atoms with Gasteiger partial charge in [-0.25, -0.2) is 13.6 Å². The predicted molar refractivity (Wildman–Crippen MR) is 76.7 cm³/mol. The summed E-state index contributed by atoms with van der Waals surface area (Å²) in [5, 5.41) is 5.19. The van der Waals surface area contributed by atoms with Gasteiger partial charge in [-0.1, -0.05) is 26.0 Å². The van der Waals surface area contributed by atoms with Gasteiger partial charge in [0.05, 0.1) is 10.5 Å². The van der Waals surface area contributed by atoms with Crippen molar-refractivity contribution in [1.29, 1.82) is 0 Å². The smallest absolute Gasteiger partial charge is 0.255 e. The van der Waals surface area contributed by atoms with Crippen LogP contribution < -0.4 is 5.14 Å². The summed E-state index contributed by atoms with van der Waals surface area (Å²) >= 11 is 0. The number of hydrogen-bond donors (Lipinski definition) is 1. The van der Waals surface area contributed by atoms with Gasteiger partial charge in [0.15, 0.2) is 0 Å². The Morgan fingerprint density at radius 3 is 2.45 bits per heavy atom. The molecule has 0 radical (unpaired) electrons. The molecule has 0 saturated heterocycles. The molecule has 6 heteroatoms. The molecule has 0 aromatic heterocycles. The van der Waals surface area contributed by atoms with Crippen LogP contribution in [-0.4, -0.2) is 31.8 Å². The number of primary sulfonamides is 1. The minimum absolute atomic E-state index is 0.0978. The molecule has 0 spiro atoms. The Morgan fingerprint density at radius 2 is 1.95 bits per heavy atom. The van der Waals surface area contributed by atoms with Crippen LogP contribution in [0.15, 0.2) is 29.2 Å². The normalized spacial score (nSPS) is 15.4. The number of sulfonamides is 1. The number of nitrogens with two attached hydrogens (primary N) is 1. The minimum atomic E-state index is -3.89. The maximum atomic E-state index is 12.6. The number of nitrogens with zero attached hydrogens (tertiary/aromatic N) is 1. The Balaban J connectivity index is 2.37. The highest BCUT2D eigenvalue weighted by atomic mass is 32.2. The molecule has 1 amide bonds. The zero-order chi connectivity index (χ0) is 14.9. The lowest BCUT2D eigenvalue weighted by Crippen LogP contribution is -2.37. The van der Waals surface area contributed by atoms with Crippen molar-refractivity contribution in [3.63, 3.8) is 0 Å². The molecule has 1 aromatic rings. The molecule has 2 rings (SSSR count). The summed E-state index contributed by atoms with van der Waals surface area (Å²) in [7, 11) is -3.89. The van der Waals surface area contributed by atoms with Crippen LogP contribution in [0.2, 0.25) is 0 Å². The van der Waals surface area contributed by atoms with E-state index in [1.54, 1.807) is 17.0 Å². The van der Waals surface area contributed by atoms with Gasteiger partial charge in [-0.15, -0.1) is 0 Å². The number of carbonyl (C=O) groups is 1. The summed E-state index contributed by atoms with van der Waals surface area (Å²) in [6.45, 7) is 4.70. The average molecular weight is 296 g/mol. The summed E-state index contributed by atoms with van der Waals surface area (Å²) in [4.78, 5) is 14.3. The van der Waals surface area contributed by atoms with E-state index in [1.165, 1.54) is 12.1 Å². The third-order valence-electron chi connectivity index (χ3n) is 3.23. The van der Waals surface area contributed by atoms with Crippen molar-refractivity contribution in [2.45, 2.75) is 37.6 Å².